The number of rotatable bonds is 4. The van der Waals surface area contributed by atoms with E-state index in [1.165, 1.54) is 11.1 Å². The van der Waals surface area contributed by atoms with E-state index in [4.69, 9.17) is 0 Å². The van der Waals surface area contributed by atoms with Crippen LogP contribution in [0.25, 0.3) is 0 Å². The fourth-order valence-corrected chi connectivity index (χ4v) is 1.63. The van der Waals surface area contributed by atoms with Gasteiger partial charge in [0.05, 0.1) is 0 Å². The summed E-state index contributed by atoms with van der Waals surface area (Å²) in [7, 11) is 4.20. The predicted molar refractivity (Wildman–Crippen MR) is 62.4 cm³/mol. The van der Waals surface area contributed by atoms with Crippen LogP contribution in [0.5, 0.6) is 0 Å². The minimum absolute atomic E-state index is 0.442. The highest BCUT2D eigenvalue weighted by Crippen LogP contribution is 2.12. The van der Waals surface area contributed by atoms with Crippen LogP contribution in [-0.4, -0.2) is 25.0 Å². The van der Waals surface area contributed by atoms with Crippen LogP contribution in [0, 0.1) is 0 Å². The highest BCUT2D eigenvalue weighted by molar-refractivity contribution is 5.19. The Morgan fingerprint density at radius 1 is 1.29 bits per heavy atom. The number of hydrogen-bond acceptors (Lipinski definition) is 1. The van der Waals surface area contributed by atoms with Gasteiger partial charge in [0.15, 0.2) is 0 Å². The quantitative estimate of drug-likeness (QED) is 0.658. The molecule has 1 nitrogen and oxygen atoms in total. The van der Waals surface area contributed by atoms with Gasteiger partial charge in [-0.15, -0.1) is 0 Å². The first-order valence-corrected chi connectivity index (χ1v) is 4.97. The van der Waals surface area contributed by atoms with E-state index in [2.05, 4.69) is 62.8 Å². The molecule has 0 amide bonds. The molecule has 0 aromatic heterocycles. The molecule has 0 bridgehead atoms. The molecule has 0 radical (unpaired) electrons. The van der Waals surface area contributed by atoms with Crippen LogP contribution in [0.3, 0.4) is 0 Å². The average molecular weight is 189 g/mol. The highest BCUT2D eigenvalue weighted by Gasteiger charge is 2.11. The van der Waals surface area contributed by atoms with Crippen molar-refractivity contribution in [2.24, 2.45) is 0 Å². The van der Waals surface area contributed by atoms with Crippen LogP contribution in [-0.2, 0) is 6.42 Å². The molecule has 1 atom stereocenters. The Morgan fingerprint density at radius 2 is 1.86 bits per heavy atom. The van der Waals surface area contributed by atoms with E-state index in [0.29, 0.717) is 6.04 Å². The normalized spacial score (nSPS) is 12.9. The summed E-state index contributed by atoms with van der Waals surface area (Å²) in [6.07, 6.45) is 1.04. The molecule has 1 rings (SSSR count). The molecule has 0 N–H and O–H groups in total. The second-order valence-corrected chi connectivity index (χ2v) is 4.02. The monoisotopic (exact) mass is 189 g/mol. The topological polar surface area (TPSA) is 3.24 Å². The molecule has 0 aliphatic carbocycles. The van der Waals surface area contributed by atoms with E-state index >= 15 is 0 Å². The molecule has 76 valence electrons. The molecule has 0 heterocycles. The van der Waals surface area contributed by atoms with Gasteiger partial charge >= 0.3 is 0 Å². The van der Waals surface area contributed by atoms with Crippen molar-refractivity contribution in [3.05, 3.63) is 48.0 Å². The van der Waals surface area contributed by atoms with Gasteiger partial charge in [0.25, 0.3) is 0 Å². The lowest BCUT2D eigenvalue weighted by Gasteiger charge is -2.24. The zero-order valence-electron chi connectivity index (χ0n) is 9.33. The number of likely N-dealkylation sites (N-methyl/N-ethyl adjacent to an activating group) is 1. The zero-order chi connectivity index (χ0) is 10.6. The van der Waals surface area contributed by atoms with Crippen LogP contribution in [0.2, 0.25) is 0 Å². The molecule has 0 fully saturated rings. The van der Waals surface area contributed by atoms with E-state index in [1.54, 1.807) is 0 Å². The van der Waals surface area contributed by atoms with Crippen LogP contribution in [0.4, 0.5) is 0 Å². The van der Waals surface area contributed by atoms with Crippen LogP contribution in [0.1, 0.15) is 12.5 Å². The molecular formula is C13H19N. The van der Waals surface area contributed by atoms with Crippen LogP contribution >= 0.6 is 0 Å². The number of benzene rings is 1. The first-order chi connectivity index (χ1) is 6.61. The lowest BCUT2D eigenvalue weighted by molar-refractivity contribution is 0.328. The summed E-state index contributed by atoms with van der Waals surface area (Å²) in [6, 6.07) is 11.0. The Kier molecular flexibility index (Phi) is 3.90. The summed E-state index contributed by atoms with van der Waals surface area (Å²) in [5.74, 6) is 0. The van der Waals surface area contributed by atoms with Gasteiger partial charge in [-0.3, -0.25) is 0 Å². The predicted octanol–water partition coefficient (Wildman–Crippen LogP) is 2.74. The molecular weight excluding hydrogens is 170 g/mol. The van der Waals surface area contributed by atoms with E-state index in [9.17, 15) is 0 Å². The Morgan fingerprint density at radius 3 is 2.29 bits per heavy atom. The molecule has 1 heteroatoms. The largest absolute Gasteiger partial charge is 0.302 e. The van der Waals surface area contributed by atoms with Crippen molar-refractivity contribution in [1.82, 2.24) is 4.90 Å². The minimum Gasteiger partial charge on any atom is -0.302 e. The lowest BCUT2D eigenvalue weighted by atomic mass is 10.0. The molecule has 0 saturated carbocycles. The first kappa shape index (κ1) is 11.0. The van der Waals surface area contributed by atoms with Crippen molar-refractivity contribution in [3.8, 4) is 0 Å². The highest BCUT2D eigenvalue weighted by atomic mass is 15.1. The Labute approximate surface area is 87.1 Å². The molecule has 1 aromatic carbocycles. The van der Waals surface area contributed by atoms with E-state index in [0.717, 1.165) is 6.42 Å². The third-order valence-corrected chi connectivity index (χ3v) is 2.46. The third-order valence-electron chi connectivity index (χ3n) is 2.46. The fraction of sp³-hybridized carbons (Fsp3) is 0.385. The van der Waals surface area contributed by atoms with Crippen molar-refractivity contribution >= 4 is 0 Å². The maximum absolute atomic E-state index is 4.03. The molecule has 0 aliphatic rings. The Bertz CT molecular complexity index is 287. The second kappa shape index (κ2) is 4.97. The van der Waals surface area contributed by atoms with Gasteiger partial charge in [-0.05, 0) is 33.0 Å². The fourth-order valence-electron chi connectivity index (χ4n) is 1.63. The summed E-state index contributed by atoms with van der Waals surface area (Å²) >= 11 is 0. The zero-order valence-corrected chi connectivity index (χ0v) is 9.33. The molecule has 0 saturated heterocycles. The number of nitrogens with zero attached hydrogens (tertiary/aromatic N) is 1. The summed E-state index contributed by atoms with van der Waals surface area (Å²) in [6.45, 7) is 6.12. The van der Waals surface area contributed by atoms with Crippen molar-refractivity contribution in [2.75, 3.05) is 14.1 Å². The Balaban J connectivity index is 2.70. The first-order valence-electron chi connectivity index (χ1n) is 4.97. The molecule has 14 heavy (non-hydrogen) atoms. The third kappa shape index (κ3) is 3.00. The van der Waals surface area contributed by atoms with Gasteiger partial charge < -0.3 is 4.90 Å². The summed E-state index contributed by atoms with van der Waals surface area (Å²) in [5.41, 5.74) is 2.59. The lowest BCUT2D eigenvalue weighted by Crippen LogP contribution is -2.30. The van der Waals surface area contributed by atoms with E-state index in [-0.39, 0.29) is 0 Å². The maximum Gasteiger partial charge on any atom is 0.0336 e. The standard InChI is InChI=1S/C13H19N/c1-11(2)13(14(3)4)10-12-8-6-5-7-9-12/h5-9,13H,1,10H2,2-4H3/t13-/m0/s1. The van der Waals surface area contributed by atoms with Crippen molar-refractivity contribution in [1.29, 1.82) is 0 Å². The maximum atomic E-state index is 4.03. The van der Waals surface area contributed by atoms with Crippen LogP contribution in [0.15, 0.2) is 42.5 Å². The summed E-state index contributed by atoms with van der Waals surface area (Å²) < 4.78 is 0. The van der Waals surface area contributed by atoms with Crippen molar-refractivity contribution in [3.63, 3.8) is 0 Å². The second-order valence-electron chi connectivity index (χ2n) is 4.02. The average Bonchev–Trinajstić information content (AvgIpc) is 2.15. The smallest absolute Gasteiger partial charge is 0.0336 e. The van der Waals surface area contributed by atoms with Gasteiger partial charge in [-0.25, -0.2) is 0 Å². The van der Waals surface area contributed by atoms with Gasteiger partial charge in [-0.1, -0.05) is 42.5 Å². The van der Waals surface area contributed by atoms with E-state index in [1.807, 2.05) is 0 Å². The van der Waals surface area contributed by atoms with Gasteiger partial charge in [0.2, 0.25) is 0 Å². The van der Waals surface area contributed by atoms with E-state index < -0.39 is 0 Å². The summed E-state index contributed by atoms with van der Waals surface area (Å²) in [4.78, 5) is 2.22. The van der Waals surface area contributed by atoms with Gasteiger partial charge in [0, 0.05) is 6.04 Å². The molecule has 0 unspecified atom stereocenters. The van der Waals surface area contributed by atoms with Crippen molar-refractivity contribution in [2.45, 2.75) is 19.4 Å². The Hall–Kier alpha value is -1.08. The van der Waals surface area contributed by atoms with Gasteiger partial charge in [-0.2, -0.15) is 0 Å². The van der Waals surface area contributed by atoms with Crippen LogP contribution < -0.4 is 0 Å². The number of hydrogen-bond donors (Lipinski definition) is 0. The van der Waals surface area contributed by atoms with Crippen molar-refractivity contribution < 1.29 is 0 Å². The SMILES string of the molecule is C=C(C)[C@H](Cc1ccccc1)N(C)C. The molecule has 1 aromatic rings. The van der Waals surface area contributed by atoms with Gasteiger partial charge in [0.1, 0.15) is 0 Å². The molecule has 0 spiro atoms. The minimum atomic E-state index is 0.442. The summed E-state index contributed by atoms with van der Waals surface area (Å²) in [5, 5.41) is 0. The molecule has 0 aliphatic heterocycles.